The number of hydrogen-bond donors (Lipinski definition) is 1. The van der Waals surface area contributed by atoms with Crippen molar-refractivity contribution in [1.29, 1.82) is 0 Å². The smallest absolute Gasteiger partial charge is 0.105 e. The van der Waals surface area contributed by atoms with Gasteiger partial charge in [0, 0.05) is 12.5 Å². The van der Waals surface area contributed by atoms with E-state index in [0.717, 1.165) is 30.6 Å². The Balaban J connectivity index is 1.95. The van der Waals surface area contributed by atoms with Crippen LogP contribution in [0.3, 0.4) is 0 Å². The van der Waals surface area contributed by atoms with E-state index in [2.05, 4.69) is 25.2 Å². The van der Waals surface area contributed by atoms with Gasteiger partial charge in [-0.25, -0.2) is 0 Å². The molecule has 96 valence electrons. The predicted octanol–water partition coefficient (Wildman–Crippen LogP) is 3.63. The molecule has 1 aliphatic carbocycles. The highest BCUT2D eigenvalue weighted by atomic mass is 16.3. The minimum atomic E-state index is 0.592. The van der Waals surface area contributed by atoms with Gasteiger partial charge in [0.05, 0.1) is 6.26 Å². The fraction of sp³-hybridized carbons (Fsp3) is 0.733. The first-order valence-corrected chi connectivity index (χ1v) is 7.05. The number of nitrogens with one attached hydrogen (secondary N) is 1. The zero-order chi connectivity index (χ0) is 12.1. The van der Waals surface area contributed by atoms with Crippen LogP contribution in [0.2, 0.25) is 0 Å². The summed E-state index contributed by atoms with van der Waals surface area (Å²) in [5.41, 5.74) is 0. The van der Waals surface area contributed by atoms with Crippen LogP contribution >= 0.6 is 0 Å². The molecule has 0 amide bonds. The van der Waals surface area contributed by atoms with Crippen molar-refractivity contribution in [3.63, 3.8) is 0 Å². The van der Waals surface area contributed by atoms with Crippen molar-refractivity contribution < 1.29 is 4.42 Å². The van der Waals surface area contributed by atoms with Crippen LogP contribution in [-0.4, -0.2) is 12.6 Å². The first-order chi connectivity index (χ1) is 8.29. The summed E-state index contributed by atoms with van der Waals surface area (Å²) in [4.78, 5) is 0. The molecule has 1 saturated carbocycles. The minimum Gasteiger partial charge on any atom is -0.469 e. The van der Waals surface area contributed by atoms with E-state index < -0.39 is 0 Å². The third kappa shape index (κ3) is 3.60. The first-order valence-electron chi connectivity index (χ1n) is 7.05. The summed E-state index contributed by atoms with van der Waals surface area (Å²) in [5.74, 6) is 2.84. The van der Waals surface area contributed by atoms with Gasteiger partial charge in [-0.2, -0.15) is 0 Å². The standard InChI is InChI=1S/C15H25NO/c1-3-16-15(11-14-8-5-9-17-14)13-7-4-6-12(2)10-13/h5,8-9,12-13,15-16H,3-4,6-7,10-11H2,1-2H3. The second-order valence-corrected chi connectivity index (χ2v) is 5.48. The van der Waals surface area contributed by atoms with Gasteiger partial charge in [-0.15, -0.1) is 0 Å². The Kier molecular flexibility index (Phi) is 4.66. The molecule has 2 heteroatoms. The predicted molar refractivity (Wildman–Crippen MR) is 71.0 cm³/mol. The topological polar surface area (TPSA) is 25.2 Å². The highest BCUT2D eigenvalue weighted by Crippen LogP contribution is 2.31. The molecule has 0 radical (unpaired) electrons. The molecule has 1 fully saturated rings. The van der Waals surface area contributed by atoms with Gasteiger partial charge >= 0.3 is 0 Å². The van der Waals surface area contributed by atoms with Crippen LogP contribution in [-0.2, 0) is 6.42 Å². The lowest BCUT2D eigenvalue weighted by Crippen LogP contribution is -2.39. The van der Waals surface area contributed by atoms with Crippen LogP contribution in [0.1, 0.15) is 45.3 Å². The fourth-order valence-corrected chi connectivity index (χ4v) is 3.16. The van der Waals surface area contributed by atoms with Gasteiger partial charge < -0.3 is 9.73 Å². The summed E-state index contributed by atoms with van der Waals surface area (Å²) in [5, 5.41) is 3.65. The van der Waals surface area contributed by atoms with Crippen LogP contribution in [0.5, 0.6) is 0 Å². The maximum Gasteiger partial charge on any atom is 0.105 e. The van der Waals surface area contributed by atoms with Gasteiger partial charge in [0.25, 0.3) is 0 Å². The maximum absolute atomic E-state index is 5.49. The van der Waals surface area contributed by atoms with Crippen molar-refractivity contribution >= 4 is 0 Å². The molecule has 0 aliphatic heterocycles. The molecule has 1 N–H and O–H groups in total. The van der Waals surface area contributed by atoms with E-state index in [1.807, 2.05) is 6.07 Å². The molecule has 0 aromatic carbocycles. The molecule has 1 aliphatic rings. The molecular formula is C15H25NO. The highest BCUT2D eigenvalue weighted by Gasteiger charge is 2.26. The molecule has 1 aromatic heterocycles. The van der Waals surface area contributed by atoms with Crippen LogP contribution in [0.4, 0.5) is 0 Å². The molecule has 0 spiro atoms. The zero-order valence-corrected chi connectivity index (χ0v) is 11.1. The molecular weight excluding hydrogens is 210 g/mol. The van der Waals surface area contributed by atoms with Crippen LogP contribution in [0.15, 0.2) is 22.8 Å². The average molecular weight is 235 g/mol. The maximum atomic E-state index is 5.49. The fourth-order valence-electron chi connectivity index (χ4n) is 3.16. The molecule has 17 heavy (non-hydrogen) atoms. The summed E-state index contributed by atoms with van der Waals surface area (Å²) < 4.78 is 5.49. The Morgan fingerprint density at radius 1 is 1.47 bits per heavy atom. The summed E-state index contributed by atoms with van der Waals surface area (Å²) in [7, 11) is 0. The lowest BCUT2D eigenvalue weighted by atomic mass is 9.77. The molecule has 1 aromatic rings. The molecule has 3 atom stereocenters. The zero-order valence-electron chi connectivity index (χ0n) is 11.1. The summed E-state index contributed by atoms with van der Waals surface area (Å²) >= 11 is 0. The molecule has 0 bridgehead atoms. The highest BCUT2D eigenvalue weighted by molar-refractivity contribution is 5.01. The number of likely N-dealkylation sites (N-methyl/N-ethyl adjacent to an activating group) is 1. The molecule has 2 rings (SSSR count). The van der Waals surface area contributed by atoms with Crippen LogP contribution < -0.4 is 5.32 Å². The largest absolute Gasteiger partial charge is 0.469 e. The third-order valence-electron chi connectivity index (χ3n) is 4.01. The summed E-state index contributed by atoms with van der Waals surface area (Å²) in [6.07, 6.45) is 8.38. The van der Waals surface area contributed by atoms with Gasteiger partial charge in [-0.3, -0.25) is 0 Å². The van der Waals surface area contributed by atoms with E-state index >= 15 is 0 Å². The lowest BCUT2D eigenvalue weighted by molar-refractivity contribution is 0.217. The Morgan fingerprint density at radius 3 is 3.00 bits per heavy atom. The number of furan rings is 1. The first kappa shape index (κ1) is 12.7. The Bertz CT molecular complexity index is 307. The van der Waals surface area contributed by atoms with Crippen LogP contribution in [0.25, 0.3) is 0 Å². The SMILES string of the molecule is CCNC(Cc1ccco1)C1CCCC(C)C1. The minimum absolute atomic E-state index is 0.592. The van der Waals surface area contributed by atoms with Gasteiger partial charge in [0.15, 0.2) is 0 Å². The van der Waals surface area contributed by atoms with E-state index in [-0.39, 0.29) is 0 Å². The van der Waals surface area contributed by atoms with Crippen molar-refractivity contribution in [2.45, 2.75) is 52.0 Å². The van der Waals surface area contributed by atoms with Crippen molar-refractivity contribution in [1.82, 2.24) is 5.32 Å². The van der Waals surface area contributed by atoms with E-state index in [1.54, 1.807) is 6.26 Å². The normalized spacial score (nSPS) is 26.9. The van der Waals surface area contributed by atoms with E-state index in [9.17, 15) is 0 Å². The Morgan fingerprint density at radius 2 is 2.35 bits per heavy atom. The average Bonchev–Trinajstić information content (AvgIpc) is 2.81. The summed E-state index contributed by atoms with van der Waals surface area (Å²) in [6, 6.07) is 4.67. The van der Waals surface area contributed by atoms with Gasteiger partial charge in [-0.1, -0.05) is 26.7 Å². The van der Waals surface area contributed by atoms with Gasteiger partial charge in [-0.05, 0) is 43.4 Å². The van der Waals surface area contributed by atoms with E-state index in [1.165, 1.54) is 25.7 Å². The second-order valence-electron chi connectivity index (χ2n) is 5.48. The van der Waals surface area contributed by atoms with Crippen LogP contribution in [0, 0.1) is 11.8 Å². The Labute approximate surface area is 105 Å². The number of rotatable bonds is 5. The van der Waals surface area contributed by atoms with Crippen molar-refractivity contribution in [2.24, 2.45) is 11.8 Å². The van der Waals surface area contributed by atoms with Crippen molar-refractivity contribution in [3.05, 3.63) is 24.2 Å². The quantitative estimate of drug-likeness (QED) is 0.843. The number of hydrogen-bond acceptors (Lipinski definition) is 2. The second kappa shape index (κ2) is 6.25. The van der Waals surface area contributed by atoms with Crippen molar-refractivity contribution in [2.75, 3.05) is 6.54 Å². The summed E-state index contributed by atoms with van der Waals surface area (Å²) in [6.45, 7) is 5.64. The van der Waals surface area contributed by atoms with Gasteiger partial charge in [0.2, 0.25) is 0 Å². The molecule has 3 unspecified atom stereocenters. The van der Waals surface area contributed by atoms with Crippen molar-refractivity contribution in [3.8, 4) is 0 Å². The molecule has 2 nitrogen and oxygen atoms in total. The van der Waals surface area contributed by atoms with E-state index in [4.69, 9.17) is 4.42 Å². The van der Waals surface area contributed by atoms with Gasteiger partial charge in [0.1, 0.15) is 5.76 Å². The monoisotopic (exact) mass is 235 g/mol. The Hall–Kier alpha value is -0.760. The third-order valence-corrected chi connectivity index (χ3v) is 4.01. The molecule has 1 heterocycles. The lowest BCUT2D eigenvalue weighted by Gasteiger charge is -2.33. The molecule has 0 saturated heterocycles. The van der Waals surface area contributed by atoms with E-state index in [0.29, 0.717) is 6.04 Å².